The van der Waals surface area contributed by atoms with Gasteiger partial charge in [-0.15, -0.1) is 0 Å². The van der Waals surface area contributed by atoms with Gasteiger partial charge in [0.15, 0.2) is 0 Å². The highest BCUT2D eigenvalue weighted by molar-refractivity contribution is 6.30. The Labute approximate surface area is 136 Å². The van der Waals surface area contributed by atoms with Gasteiger partial charge in [0, 0.05) is 17.1 Å². The molecular formula is C18H20ClNO2. The first-order valence-electron chi connectivity index (χ1n) is 7.36. The predicted octanol–water partition coefficient (Wildman–Crippen LogP) is 4.62. The minimum atomic E-state index is -0.000642. The Kier molecular flexibility index (Phi) is 5.84. The Balaban J connectivity index is 1.87. The van der Waals surface area contributed by atoms with Gasteiger partial charge in [-0.2, -0.15) is 0 Å². The molecule has 2 aromatic rings. The van der Waals surface area contributed by atoms with Gasteiger partial charge in [-0.3, -0.25) is 4.79 Å². The third-order valence-corrected chi connectivity index (χ3v) is 3.57. The molecule has 0 spiro atoms. The molecule has 0 bridgehead atoms. The number of ether oxygens (including phenoxy) is 1. The normalized spacial score (nSPS) is 10.3. The number of carbonyl (C=O) groups excluding carboxylic acids is 1. The number of halogens is 1. The molecule has 0 saturated heterocycles. The maximum Gasteiger partial charge on any atom is 0.224 e. The lowest BCUT2D eigenvalue weighted by molar-refractivity contribution is -0.116. The van der Waals surface area contributed by atoms with E-state index in [1.165, 1.54) is 0 Å². The number of hydrogen-bond donors (Lipinski definition) is 1. The first-order valence-corrected chi connectivity index (χ1v) is 7.74. The van der Waals surface area contributed by atoms with Gasteiger partial charge in [-0.05, 0) is 61.7 Å². The lowest BCUT2D eigenvalue weighted by Gasteiger charge is -2.09. The summed E-state index contributed by atoms with van der Waals surface area (Å²) in [5, 5.41) is 3.59. The van der Waals surface area contributed by atoms with Gasteiger partial charge in [0.2, 0.25) is 5.91 Å². The Bertz CT molecular complexity index is 638. The summed E-state index contributed by atoms with van der Waals surface area (Å²) < 4.78 is 5.40. The summed E-state index contributed by atoms with van der Waals surface area (Å²) in [6.07, 6.45) is 1.14. The molecule has 0 fully saturated rings. The molecule has 0 aromatic heterocycles. The van der Waals surface area contributed by atoms with E-state index >= 15 is 0 Å². The maximum absolute atomic E-state index is 12.0. The van der Waals surface area contributed by atoms with E-state index in [9.17, 15) is 4.79 Å². The van der Waals surface area contributed by atoms with E-state index in [4.69, 9.17) is 16.3 Å². The molecule has 0 atom stereocenters. The van der Waals surface area contributed by atoms with Crippen molar-refractivity contribution < 1.29 is 9.53 Å². The highest BCUT2D eigenvalue weighted by atomic mass is 35.5. The molecule has 2 rings (SSSR count). The Morgan fingerprint density at radius 2 is 1.91 bits per heavy atom. The molecule has 2 aromatic carbocycles. The van der Waals surface area contributed by atoms with Crippen LogP contribution in [0.5, 0.6) is 5.75 Å². The summed E-state index contributed by atoms with van der Waals surface area (Å²) >= 11 is 5.91. The van der Waals surface area contributed by atoms with Gasteiger partial charge >= 0.3 is 0 Å². The monoisotopic (exact) mass is 317 g/mol. The summed E-state index contributed by atoms with van der Waals surface area (Å²) in [5.41, 5.74) is 2.88. The zero-order valence-electron chi connectivity index (χ0n) is 12.9. The second-order valence-electron chi connectivity index (χ2n) is 5.08. The van der Waals surface area contributed by atoms with Crippen molar-refractivity contribution in [1.82, 2.24) is 0 Å². The van der Waals surface area contributed by atoms with Crippen molar-refractivity contribution in [3.05, 3.63) is 58.6 Å². The molecule has 0 aliphatic rings. The topological polar surface area (TPSA) is 38.3 Å². The second-order valence-corrected chi connectivity index (χ2v) is 5.52. The first kappa shape index (κ1) is 16.4. The van der Waals surface area contributed by atoms with E-state index < -0.39 is 0 Å². The number of anilines is 1. The molecular weight excluding hydrogens is 298 g/mol. The Morgan fingerprint density at radius 1 is 1.18 bits per heavy atom. The second kappa shape index (κ2) is 7.85. The number of hydrogen-bond acceptors (Lipinski definition) is 2. The number of nitrogens with one attached hydrogen (secondary N) is 1. The van der Waals surface area contributed by atoms with Crippen LogP contribution in [0.15, 0.2) is 42.5 Å². The van der Waals surface area contributed by atoms with Crippen LogP contribution in [-0.2, 0) is 11.2 Å². The summed E-state index contributed by atoms with van der Waals surface area (Å²) in [4.78, 5) is 12.0. The third-order valence-electron chi connectivity index (χ3n) is 3.34. The third kappa shape index (κ3) is 4.78. The zero-order chi connectivity index (χ0) is 15.9. The van der Waals surface area contributed by atoms with Crippen LogP contribution in [0.4, 0.5) is 5.69 Å². The van der Waals surface area contributed by atoms with Crippen LogP contribution in [-0.4, -0.2) is 12.5 Å². The molecule has 116 valence electrons. The van der Waals surface area contributed by atoms with E-state index in [-0.39, 0.29) is 5.91 Å². The molecule has 4 heteroatoms. The van der Waals surface area contributed by atoms with Crippen molar-refractivity contribution in [3.8, 4) is 5.75 Å². The van der Waals surface area contributed by atoms with Crippen molar-refractivity contribution in [2.45, 2.75) is 26.7 Å². The number of carbonyl (C=O) groups is 1. The highest BCUT2D eigenvalue weighted by Gasteiger charge is 2.06. The minimum Gasteiger partial charge on any atom is -0.494 e. The number of rotatable bonds is 6. The van der Waals surface area contributed by atoms with E-state index in [0.717, 1.165) is 22.6 Å². The van der Waals surface area contributed by atoms with Crippen molar-refractivity contribution in [2.24, 2.45) is 0 Å². The standard InChI is InChI=1S/C18H20ClNO2/c1-3-22-16-8-4-14(5-9-16)6-11-18(21)20-17-10-7-15(19)12-13(17)2/h4-5,7-10,12H,3,6,11H2,1-2H3,(H,20,21). The van der Waals surface area contributed by atoms with Crippen LogP contribution < -0.4 is 10.1 Å². The quantitative estimate of drug-likeness (QED) is 0.844. The van der Waals surface area contributed by atoms with Crippen LogP contribution in [0.1, 0.15) is 24.5 Å². The van der Waals surface area contributed by atoms with Gasteiger partial charge < -0.3 is 10.1 Å². The summed E-state index contributed by atoms with van der Waals surface area (Å²) in [7, 11) is 0. The average Bonchev–Trinajstić information content (AvgIpc) is 2.50. The van der Waals surface area contributed by atoms with E-state index in [0.29, 0.717) is 24.5 Å². The molecule has 0 unspecified atom stereocenters. The van der Waals surface area contributed by atoms with Crippen molar-refractivity contribution in [1.29, 1.82) is 0 Å². The fourth-order valence-electron chi connectivity index (χ4n) is 2.16. The zero-order valence-corrected chi connectivity index (χ0v) is 13.6. The van der Waals surface area contributed by atoms with Crippen LogP contribution in [0.2, 0.25) is 5.02 Å². The lowest BCUT2D eigenvalue weighted by atomic mass is 10.1. The van der Waals surface area contributed by atoms with Crippen molar-refractivity contribution in [3.63, 3.8) is 0 Å². The predicted molar refractivity (Wildman–Crippen MR) is 90.8 cm³/mol. The van der Waals surface area contributed by atoms with Crippen LogP contribution in [0.3, 0.4) is 0 Å². The number of benzene rings is 2. The highest BCUT2D eigenvalue weighted by Crippen LogP contribution is 2.20. The van der Waals surface area contributed by atoms with Gasteiger partial charge in [-0.1, -0.05) is 23.7 Å². The van der Waals surface area contributed by atoms with Crippen molar-refractivity contribution >= 4 is 23.2 Å². The molecule has 1 amide bonds. The van der Waals surface area contributed by atoms with Crippen molar-refractivity contribution in [2.75, 3.05) is 11.9 Å². The molecule has 0 heterocycles. The molecule has 1 N–H and O–H groups in total. The largest absolute Gasteiger partial charge is 0.494 e. The van der Waals surface area contributed by atoms with E-state index in [1.807, 2.05) is 50.2 Å². The van der Waals surface area contributed by atoms with Crippen LogP contribution >= 0.6 is 11.6 Å². The van der Waals surface area contributed by atoms with Crippen LogP contribution in [0.25, 0.3) is 0 Å². The summed E-state index contributed by atoms with van der Waals surface area (Å²) in [6, 6.07) is 13.3. The summed E-state index contributed by atoms with van der Waals surface area (Å²) in [5.74, 6) is 0.854. The first-order chi connectivity index (χ1) is 10.6. The summed E-state index contributed by atoms with van der Waals surface area (Å²) in [6.45, 7) is 4.53. The van der Waals surface area contributed by atoms with Gasteiger partial charge in [0.05, 0.1) is 6.61 Å². The molecule has 3 nitrogen and oxygen atoms in total. The minimum absolute atomic E-state index is 0.000642. The smallest absolute Gasteiger partial charge is 0.224 e. The molecule has 22 heavy (non-hydrogen) atoms. The van der Waals surface area contributed by atoms with Gasteiger partial charge in [-0.25, -0.2) is 0 Å². The lowest BCUT2D eigenvalue weighted by Crippen LogP contribution is -2.13. The fourth-order valence-corrected chi connectivity index (χ4v) is 2.38. The van der Waals surface area contributed by atoms with E-state index in [2.05, 4.69) is 5.32 Å². The molecule has 0 aliphatic carbocycles. The fraction of sp³-hybridized carbons (Fsp3) is 0.278. The van der Waals surface area contributed by atoms with Crippen LogP contribution in [0, 0.1) is 6.92 Å². The molecule has 0 saturated carbocycles. The van der Waals surface area contributed by atoms with Gasteiger partial charge in [0.1, 0.15) is 5.75 Å². The Morgan fingerprint density at radius 3 is 2.55 bits per heavy atom. The number of aryl methyl sites for hydroxylation is 2. The van der Waals surface area contributed by atoms with Gasteiger partial charge in [0.25, 0.3) is 0 Å². The molecule has 0 radical (unpaired) electrons. The Hall–Kier alpha value is -2.00. The SMILES string of the molecule is CCOc1ccc(CCC(=O)Nc2ccc(Cl)cc2C)cc1. The number of amides is 1. The molecule has 0 aliphatic heterocycles. The average molecular weight is 318 g/mol. The maximum atomic E-state index is 12.0. The van der Waals surface area contributed by atoms with E-state index in [1.54, 1.807) is 6.07 Å².